The molecule has 4 rings (SSSR count). The molecule has 0 aliphatic heterocycles. The van der Waals surface area contributed by atoms with Crippen LogP contribution in [0.2, 0.25) is 0 Å². The van der Waals surface area contributed by atoms with Crippen molar-refractivity contribution in [2.45, 2.75) is 0 Å². The van der Waals surface area contributed by atoms with Crippen LogP contribution in [0.4, 0.5) is 0 Å². The summed E-state index contributed by atoms with van der Waals surface area (Å²) in [7, 11) is 1.46. The monoisotopic (exact) mass is 462 g/mol. The highest BCUT2D eigenvalue weighted by molar-refractivity contribution is 7.12. The Morgan fingerprint density at radius 2 is 1.88 bits per heavy atom. The summed E-state index contributed by atoms with van der Waals surface area (Å²) in [4.78, 5) is 36.7. The first-order chi connectivity index (χ1) is 15.9. The number of esters is 1. The molecule has 2 aromatic carbocycles. The second-order valence-corrected chi connectivity index (χ2v) is 7.87. The fourth-order valence-corrected chi connectivity index (χ4v) is 3.75. The predicted octanol–water partition coefficient (Wildman–Crippen LogP) is 2.39. The second kappa shape index (κ2) is 9.01. The molecule has 33 heavy (non-hydrogen) atoms. The molecule has 9 heteroatoms. The van der Waals surface area contributed by atoms with E-state index in [0.717, 1.165) is 0 Å². The first-order valence-corrected chi connectivity index (χ1v) is 10.5. The molecule has 0 spiro atoms. The maximum absolute atomic E-state index is 13.0. The summed E-state index contributed by atoms with van der Waals surface area (Å²) in [5, 5.41) is 14.4. The van der Waals surface area contributed by atoms with E-state index in [-0.39, 0.29) is 16.9 Å². The number of rotatable bonds is 6. The average molecular weight is 462 g/mol. The van der Waals surface area contributed by atoms with Crippen LogP contribution in [0.3, 0.4) is 0 Å². The largest absolute Gasteiger partial charge is 0.493 e. The van der Waals surface area contributed by atoms with E-state index in [1.807, 2.05) is 0 Å². The Hall–Kier alpha value is -4.37. The van der Waals surface area contributed by atoms with Gasteiger partial charge in [0.1, 0.15) is 4.88 Å². The molecular formula is C24H18N2O6S. The Labute approximate surface area is 191 Å². The molecule has 0 bridgehead atoms. The summed E-state index contributed by atoms with van der Waals surface area (Å²) < 4.78 is 12.1. The van der Waals surface area contributed by atoms with Gasteiger partial charge in [-0.3, -0.25) is 9.89 Å². The third-order valence-corrected chi connectivity index (χ3v) is 5.65. The summed E-state index contributed by atoms with van der Waals surface area (Å²) in [6.45, 7) is 3.90. The van der Waals surface area contributed by atoms with Crippen molar-refractivity contribution in [1.82, 2.24) is 9.78 Å². The fourth-order valence-electron chi connectivity index (χ4n) is 3.15. The second-order valence-electron chi connectivity index (χ2n) is 6.92. The number of hydrogen-bond donors (Lipinski definition) is 2. The minimum atomic E-state index is -1.05. The van der Waals surface area contributed by atoms with Crippen LogP contribution in [0.1, 0.15) is 25.6 Å². The molecular weight excluding hydrogens is 444 g/mol. The molecule has 4 aromatic rings. The molecule has 0 fully saturated rings. The molecule has 0 unspecified atom stereocenters. The first-order valence-electron chi connectivity index (χ1n) is 9.66. The van der Waals surface area contributed by atoms with Gasteiger partial charge in [0.05, 0.1) is 28.9 Å². The summed E-state index contributed by atoms with van der Waals surface area (Å²) in [5.74, 6) is -0.944. The molecule has 8 nitrogen and oxygen atoms in total. The van der Waals surface area contributed by atoms with Crippen molar-refractivity contribution in [1.29, 1.82) is 0 Å². The highest BCUT2D eigenvalue weighted by Gasteiger charge is 2.14. The van der Waals surface area contributed by atoms with Gasteiger partial charge in [-0.25, -0.2) is 14.3 Å². The summed E-state index contributed by atoms with van der Waals surface area (Å²) >= 11 is 1.28. The molecule has 0 amide bonds. The van der Waals surface area contributed by atoms with Gasteiger partial charge < -0.3 is 14.6 Å². The van der Waals surface area contributed by atoms with Gasteiger partial charge in [-0.15, -0.1) is 11.3 Å². The zero-order valence-corrected chi connectivity index (χ0v) is 18.2. The minimum absolute atomic E-state index is 0.118. The van der Waals surface area contributed by atoms with Crippen LogP contribution in [-0.4, -0.2) is 33.9 Å². The van der Waals surface area contributed by atoms with E-state index in [0.29, 0.717) is 32.4 Å². The number of nitrogens with one attached hydrogen (secondary N) is 1. The van der Waals surface area contributed by atoms with Crippen LogP contribution in [0.5, 0.6) is 11.5 Å². The van der Waals surface area contributed by atoms with Crippen molar-refractivity contribution in [3.63, 3.8) is 0 Å². The van der Waals surface area contributed by atoms with Gasteiger partial charge >= 0.3 is 11.9 Å². The molecule has 0 saturated carbocycles. The fraction of sp³-hybridized carbons (Fsp3) is 0.0417. The van der Waals surface area contributed by atoms with Crippen LogP contribution in [-0.2, 0) is 0 Å². The number of aromatic nitrogens is 2. The first kappa shape index (κ1) is 21.8. The normalized spacial score (nSPS) is 11.4. The third kappa shape index (κ3) is 4.48. The molecule has 0 radical (unpaired) electrons. The van der Waals surface area contributed by atoms with Crippen LogP contribution in [0.15, 0.2) is 64.8 Å². The molecule has 0 aliphatic carbocycles. The van der Waals surface area contributed by atoms with E-state index in [2.05, 4.69) is 11.7 Å². The number of benzene rings is 2. The number of aromatic amines is 1. The van der Waals surface area contributed by atoms with Gasteiger partial charge in [0.25, 0.3) is 5.56 Å². The van der Waals surface area contributed by atoms with Crippen molar-refractivity contribution < 1.29 is 24.2 Å². The molecule has 0 aliphatic rings. The van der Waals surface area contributed by atoms with Gasteiger partial charge in [0, 0.05) is 0 Å². The van der Waals surface area contributed by atoms with Crippen molar-refractivity contribution in [2.24, 2.45) is 0 Å². The maximum Gasteiger partial charge on any atom is 0.353 e. The lowest BCUT2D eigenvalue weighted by atomic mass is 10.1. The molecule has 2 heterocycles. The Bertz CT molecular complexity index is 1500. The predicted molar refractivity (Wildman–Crippen MR) is 124 cm³/mol. The van der Waals surface area contributed by atoms with Crippen molar-refractivity contribution >= 4 is 35.9 Å². The van der Waals surface area contributed by atoms with E-state index in [1.54, 1.807) is 41.8 Å². The van der Waals surface area contributed by atoms with Crippen molar-refractivity contribution in [2.75, 3.05) is 7.11 Å². The Morgan fingerprint density at radius 3 is 2.52 bits per heavy atom. The number of aromatic carboxylic acids is 1. The number of thiophene rings is 1. The Balaban J connectivity index is 1.68. The number of carbonyl (C=O) groups is 2. The minimum Gasteiger partial charge on any atom is -0.493 e. The lowest BCUT2D eigenvalue weighted by molar-refractivity contribution is 0.0694. The molecule has 0 saturated heterocycles. The average Bonchev–Trinajstić information content (AvgIpc) is 3.45. The third-order valence-electron chi connectivity index (χ3n) is 4.80. The summed E-state index contributed by atoms with van der Waals surface area (Å²) in [5.41, 5.74) is 0.877. The number of carboxylic acid groups (broad SMARTS) is 1. The van der Waals surface area contributed by atoms with E-state index < -0.39 is 11.9 Å². The van der Waals surface area contributed by atoms with Crippen LogP contribution < -0.4 is 25.6 Å². The van der Waals surface area contributed by atoms with Gasteiger partial charge in [-0.05, 0) is 59.5 Å². The molecule has 2 N–H and O–H groups in total. The van der Waals surface area contributed by atoms with Gasteiger partial charge in [-0.2, -0.15) is 0 Å². The number of methoxy groups -OCH3 is 1. The van der Waals surface area contributed by atoms with E-state index in [4.69, 9.17) is 14.6 Å². The summed E-state index contributed by atoms with van der Waals surface area (Å²) in [6, 6.07) is 14.3. The van der Waals surface area contributed by atoms with Gasteiger partial charge in [0.15, 0.2) is 11.5 Å². The highest BCUT2D eigenvalue weighted by atomic mass is 32.1. The maximum atomic E-state index is 13.0. The van der Waals surface area contributed by atoms with E-state index >= 15 is 0 Å². The highest BCUT2D eigenvalue weighted by Crippen LogP contribution is 2.29. The van der Waals surface area contributed by atoms with Crippen molar-refractivity contribution in [3.05, 3.63) is 96.9 Å². The number of nitrogens with zero attached hydrogens (tertiary/aromatic N) is 1. The lowest BCUT2D eigenvalue weighted by Crippen LogP contribution is -2.33. The zero-order chi connectivity index (χ0) is 23.5. The van der Waals surface area contributed by atoms with Gasteiger partial charge in [-0.1, -0.05) is 18.7 Å². The number of ether oxygens (including phenoxy) is 2. The Morgan fingerprint density at radius 1 is 1.12 bits per heavy atom. The SMILES string of the molecule is C=c1[nH]n(-c2ccc(C(=O)O)cc2)c(=O)/c1=C/c1ccc(OC(=O)c2cccs2)c(OC)c1. The van der Waals surface area contributed by atoms with Crippen LogP contribution in [0, 0.1) is 0 Å². The summed E-state index contributed by atoms with van der Waals surface area (Å²) in [6.07, 6.45) is 1.64. The smallest absolute Gasteiger partial charge is 0.353 e. The van der Waals surface area contributed by atoms with Gasteiger partial charge in [0.2, 0.25) is 0 Å². The van der Waals surface area contributed by atoms with Crippen LogP contribution in [0.25, 0.3) is 18.3 Å². The number of carboxylic acids is 1. The number of hydrogen-bond acceptors (Lipinski definition) is 6. The van der Waals surface area contributed by atoms with E-state index in [1.165, 1.54) is 47.4 Å². The standard InChI is InChI=1S/C24H18N2O6S/c1-14-18(22(27)26(25-14)17-8-6-16(7-9-17)23(28)29)12-15-5-10-19(20(13-15)31-2)32-24(30)21-4-3-11-33-21/h3-13,25H,1H2,2H3,(H,28,29)/b18-12+. The topological polar surface area (TPSA) is 111 Å². The van der Waals surface area contributed by atoms with Crippen molar-refractivity contribution in [3.8, 4) is 17.2 Å². The zero-order valence-electron chi connectivity index (χ0n) is 17.4. The van der Waals surface area contributed by atoms with E-state index in [9.17, 15) is 14.4 Å². The Kier molecular flexibility index (Phi) is 5.97. The number of carbonyl (C=O) groups excluding carboxylic acids is 1. The molecule has 2 aromatic heterocycles. The lowest BCUT2D eigenvalue weighted by Gasteiger charge is -2.09. The van der Waals surface area contributed by atoms with Crippen LogP contribution >= 0.6 is 11.3 Å². The molecule has 166 valence electrons. The molecule has 0 atom stereocenters. The quantitative estimate of drug-likeness (QED) is 0.336. The number of H-pyrrole nitrogens is 1.